The maximum Gasteiger partial charge on any atom is 0.509 e. The van der Waals surface area contributed by atoms with Gasteiger partial charge in [-0.2, -0.15) is 0 Å². The van der Waals surface area contributed by atoms with Crippen molar-refractivity contribution in [3.63, 3.8) is 0 Å². The molecule has 0 N–H and O–H groups in total. The van der Waals surface area contributed by atoms with Gasteiger partial charge in [-0.05, 0) is 26.0 Å². The van der Waals surface area contributed by atoms with E-state index in [2.05, 4.69) is 16.6 Å². The van der Waals surface area contributed by atoms with Gasteiger partial charge in [-0.3, -0.25) is 0 Å². The molecule has 84 valence electrons. The molecule has 0 heterocycles. The fourth-order valence-electron chi connectivity index (χ4n) is 1.03. The van der Waals surface area contributed by atoms with Gasteiger partial charge < -0.3 is 9.47 Å². The van der Waals surface area contributed by atoms with E-state index in [1.807, 2.05) is 30.3 Å². The van der Waals surface area contributed by atoms with Crippen molar-refractivity contribution in [3.05, 3.63) is 35.9 Å². The Morgan fingerprint density at radius 1 is 1.38 bits per heavy atom. The first-order valence-electron chi connectivity index (χ1n) is 5.12. The summed E-state index contributed by atoms with van der Waals surface area (Å²) in [5.74, 6) is 5.72. The second-order valence-electron chi connectivity index (χ2n) is 3.08. The second-order valence-corrected chi connectivity index (χ2v) is 3.08. The summed E-state index contributed by atoms with van der Waals surface area (Å²) < 4.78 is 9.51. The lowest BCUT2D eigenvalue weighted by Gasteiger charge is -2.05. The monoisotopic (exact) mass is 218 g/mol. The first-order chi connectivity index (χ1) is 7.72. The Kier molecular flexibility index (Phi) is 4.94. The lowest BCUT2D eigenvalue weighted by molar-refractivity contribution is 0.0477. The highest BCUT2D eigenvalue weighted by molar-refractivity contribution is 5.60. The summed E-state index contributed by atoms with van der Waals surface area (Å²) in [6.07, 6.45) is -1.16. The highest BCUT2D eigenvalue weighted by Gasteiger charge is 2.06. The largest absolute Gasteiger partial charge is 0.509 e. The molecule has 3 nitrogen and oxygen atoms in total. The van der Waals surface area contributed by atoms with E-state index in [-0.39, 0.29) is 0 Å². The van der Waals surface area contributed by atoms with Gasteiger partial charge in [0.1, 0.15) is 0 Å². The smallest absolute Gasteiger partial charge is 0.435 e. The molecule has 1 aromatic carbocycles. The third kappa shape index (κ3) is 4.52. The minimum Gasteiger partial charge on any atom is -0.435 e. The SMILES string of the molecule is CCOC(=O)O[C@@H](C)C#Cc1ccccc1. The van der Waals surface area contributed by atoms with Crippen LogP contribution in [0.2, 0.25) is 0 Å². The first-order valence-corrected chi connectivity index (χ1v) is 5.12. The quantitative estimate of drug-likeness (QED) is 0.565. The topological polar surface area (TPSA) is 35.5 Å². The molecule has 0 unspecified atom stereocenters. The van der Waals surface area contributed by atoms with Crippen LogP contribution in [-0.2, 0) is 9.47 Å². The van der Waals surface area contributed by atoms with Crippen molar-refractivity contribution in [1.82, 2.24) is 0 Å². The average Bonchev–Trinajstić information content (AvgIpc) is 2.28. The fraction of sp³-hybridized carbons (Fsp3) is 0.308. The first kappa shape index (κ1) is 12.1. The van der Waals surface area contributed by atoms with Gasteiger partial charge in [0.25, 0.3) is 0 Å². The second kappa shape index (κ2) is 6.52. The van der Waals surface area contributed by atoms with Crippen LogP contribution in [0.1, 0.15) is 19.4 Å². The maximum atomic E-state index is 11.0. The van der Waals surface area contributed by atoms with Gasteiger partial charge in [0.15, 0.2) is 6.10 Å². The number of hydrogen-bond acceptors (Lipinski definition) is 3. The van der Waals surface area contributed by atoms with E-state index >= 15 is 0 Å². The number of benzene rings is 1. The molecule has 0 aliphatic carbocycles. The van der Waals surface area contributed by atoms with Crippen molar-refractivity contribution in [3.8, 4) is 11.8 Å². The fourth-order valence-corrected chi connectivity index (χ4v) is 1.03. The van der Waals surface area contributed by atoms with Crippen LogP contribution in [0.4, 0.5) is 4.79 Å². The molecule has 0 bridgehead atoms. The Bertz CT molecular complexity index is 387. The highest BCUT2D eigenvalue weighted by Crippen LogP contribution is 1.97. The van der Waals surface area contributed by atoms with Crippen molar-refractivity contribution < 1.29 is 14.3 Å². The number of carbonyl (C=O) groups excluding carboxylic acids is 1. The Balaban J connectivity index is 2.49. The Morgan fingerprint density at radius 3 is 2.69 bits per heavy atom. The molecule has 1 aromatic rings. The zero-order valence-electron chi connectivity index (χ0n) is 9.40. The molecular formula is C13H14O3. The summed E-state index contributed by atoms with van der Waals surface area (Å²) in [6.45, 7) is 3.73. The van der Waals surface area contributed by atoms with Crippen molar-refractivity contribution in [2.24, 2.45) is 0 Å². The molecule has 1 rings (SSSR count). The predicted molar refractivity (Wildman–Crippen MR) is 60.9 cm³/mol. The Morgan fingerprint density at radius 2 is 2.06 bits per heavy atom. The van der Waals surface area contributed by atoms with Crippen molar-refractivity contribution in [2.45, 2.75) is 20.0 Å². The van der Waals surface area contributed by atoms with Crippen LogP contribution in [0.15, 0.2) is 30.3 Å². The molecule has 0 amide bonds. The molecule has 1 atom stereocenters. The van der Waals surface area contributed by atoms with E-state index in [1.165, 1.54) is 0 Å². The van der Waals surface area contributed by atoms with Crippen LogP contribution >= 0.6 is 0 Å². The van der Waals surface area contributed by atoms with E-state index in [1.54, 1.807) is 13.8 Å². The summed E-state index contributed by atoms with van der Waals surface area (Å²) in [5.41, 5.74) is 0.891. The number of rotatable bonds is 2. The lowest BCUT2D eigenvalue weighted by Crippen LogP contribution is -2.14. The van der Waals surface area contributed by atoms with Crippen molar-refractivity contribution in [1.29, 1.82) is 0 Å². The molecule has 0 fully saturated rings. The molecule has 0 saturated heterocycles. The molecule has 0 aliphatic heterocycles. The van der Waals surface area contributed by atoms with Crippen LogP contribution in [0.25, 0.3) is 0 Å². The normalized spacial score (nSPS) is 10.9. The average molecular weight is 218 g/mol. The van der Waals surface area contributed by atoms with Gasteiger partial charge in [0, 0.05) is 5.56 Å². The highest BCUT2D eigenvalue weighted by atomic mass is 16.7. The summed E-state index contributed by atoms with van der Waals surface area (Å²) in [6, 6.07) is 9.51. The van der Waals surface area contributed by atoms with E-state index in [0.717, 1.165) is 5.56 Å². The van der Waals surface area contributed by atoms with Crippen molar-refractivity contribution in [2.75, 3.05) is 6.61 Å². The van der Waals surface area contributed by atoms with Crippen LogP contribution in [0, 0.1) is 11.8 Å². The standard InChI is InChI=1S/C13H14O3/c1-3-15-13(14)16-11(2)9-10-12-7-5-4-6-8-12/h4-8,11H,3H2,1-2H3/t11-/m0/s1. The van der Waals surface area contributed by atoms with E-state index in [9.17, 15) is 4.79 Å². The minimum absolute atomic E-state index is 0.303. The summed E-state index contributed by atoms with van der Waals surface area (Å²) in [4.78, 5) is 11.0. The van der Waals surface area contributed by atoms with Gasteiger partial charge in [-0.1, -0.05) is 30.0 Å². The van der Waals surface area contributed by atoms with Crippen LogP contribution < -0.4 is 0 Å². The molecule has 0 aromatic heterocycles. The zero-order chi connectivity index (χ0) is 11.8. The van der Waals surface area contributed by atoms with Crippen LogP contribution in [0.3, 0.4) is 0 Å². The third-order valence-electron chi connectivity index (χ3n) is 1.73. The van der Waals surface area contributed by atoms with Gasteiger partial charge in [-0.15, -0.1) is 0 Å². The van der Waals surface area contributed by atoms with E-state index in [4.69, 9.17) is 4.74 Å². The van der Waals surface area contributed by atoms with E-state index in [0.29, 0.717) is 6.61 Å². The molecule has 3 heteroatoms. The van der Waals surface area contributed by atoms with Gasteiger partial charge >= 0.3 is 6.16 Å². The number of hydrogen-bond donors (Lipinski definition) is 0. The predicted octanol–water partition coefficient (Wildman–Crippen LogP) is 2.60. The number of carbonyl (C=O) groups is 1. The Hall–Kier alpha value is -1.95. The molecule has 0 spiro atoms. The molecule has 0 aliphatic rings. The van der Waals surface area contributed by atoms with Crippen LogP contribution in [0.5, 0.6) is 0 Å². The molecule has 16 heavy (non-hydrogen) atoms. The molecule has 0 saturated carbocycles. The Labute approximate surface area is 95.4 Å². The van der Waals surface area contributed by atoms with Crippen molar-refractivity contribution >= 4 is 6.16 Å². The molecular weight excluding hydrogens is 204 g/mol. The van der Waals surface area contributed by atoms with E-state index < -0.39 is 12.3 Å². The zero-order valence-corrected chi connectivity index (χ0v) is 9.40. The summed E-state index contributed by atoms with van der Waals surface area (Å²) in [7, 11) is 0. The molecule has 0 radical (unpaired) electrons. The number of ether oxygens (including phenoxy) is 2. The lowest BCUT2D eigenvalue weighted by atomic mass is 10.2. The van der Waals surface area contributed by atoms with Gasteiger partial charge in [-0.25, -0.2) is 4.79 Å². The minimum atomic E-state index is -0.683. The summed E-state index contributed by atoms with van der Waals surface area (Å²) in [5, 5.41) is 0. The summed E-state index contributed by atoms with van der Waals surface area (Å²) >= 11 is 0. The van der Waals surface area contributed by atoms with Gasteiger partial charge in [0.2, 0.25) is 0 Å². The maximum absolute atomic E-state index is 11.0. The third-order valence-corrected chi connectivity index (χ3v) is 1.73. The van der Waals surface area contributed by atoms with Crippen LogP contribution in [-0.4, -0.2) is 18.9 Å². The van der Waals surface area contributed by atoms with Gasteiger partial charge in [0.05, 0.1) is 6.61 Å².